The van der Waals surface area contributed by atoms with Gasteiger partial charge in [-0.05, 0) is 44.0 Å². The zero-order chi connectivity index (χ0) is 16.2. The molecule has 1 aliphatic heterocycles. The maximum atomic E-state index is 12.4. The van der Waals surface area contributed by atoms with Crippen LogP contribution in [0, 0.1) is 0 Å². The van der Waals surface area contributed by atoms with Gasteiger partial charge in [-0.25, -0.2) is 0 Å². The molecular formula is C17H21ClN4O. The van der Waals surface area contributed by atoms with Crippen LogP contribution in [0.2, 0.25) is 5.02 Å². The maximum Gasteiger partial charge on any atom is 0.272 e. The molecular weight excluding hydrogens is 312 g/mol. The molecule has 0 saturated carbocycles. The molecule has 2 atom stereocenters. The second kappa shape index (κ2) is 7.15. The second-order valence-electron chi connectivity index (χ2n) is 5.90. The lowest BCUT2D eigenvalue weighted by Crippen LogP contribution is -2.32. The minimum absolute atomic E-state index is 0.169. The Morgan fingerprint density at radius 2 is 2.26 bits per heavy atom. The summed E-state index contributed by atoms with van der Waals surface area (Å²) in [5.74, 6) is -0.181. The third kappa shape index (κ3) is 3.74. The van der Waals surface area contributed by atoms with Crippen LogP contribution in [0.4, 0.5) is 0 Å². The molecule has 1 saturated heterocycles. The van der Waals surface area contributed by atoms with Crippen molar-refractivity contribution >= 4 is 17.5 Å². The average Bonchev–Trinajstić information content (AvgIpc) is 3.06. The van der Waals surface area contributed by atoms with E-state index in [1.54, 1.807) is 6.07 Å². The third-order valence-electron chi connectivity index (χ3n) is 4.21. The van der Waals surface area contributed by atoms with Crippen LogP contribution in [0.15, 0.2) is 36.5 Å². The summed E-state index contributed by atoms with van der Waals surface area (Å²) in [6.45, 7) is 3.88. The first-order valence-corrected chi connectivity index (χ1v) is 8.34. The fourth-order valence-corrected chi connectivity index (χ4v) is 3.20. The van der Waals surface area contributed by atoms with Crippen molar-refractivity contribution in [1.29, 1.82) is 0 Å². The van der Waals surface area contributed by atoms with Gasteiger partial charge in [-0.1, -0.05) is 29.8 Å². The van der Waals surface area contributed by atoms with E-state index in [9.17, 15) is 4.79 Å². The largest absolute Gasteiger partial charge is 0.344 e. The van der Waals surface area contributed by atoms with Crippen LogP contribution in [0.5, 0.6) is 0 Å². The van der Waals surface area contributed by atoms with Crippen LogP contribution in [0.25, 0.3) is 0 Å². The Balaban J connectivity index is 1.66. The molecule has 122 valence electrons. The van der Waals surface area contributed by atoms with Gasteiger partial charge in [0.1, 0.15) is 5.69 Å². The molecule has 0 aliphatic carbocycles. The Kier molecular flexibility index (Phi) is 4.98. The lowest BCUT2D eigenvalue weighted by Gasteiger charge is -2.22. The van der Waals surface area contributed by atoms with Gasteiger partial charge in [-0.2, -0.15) is 5.10 Å². The van der Waals surface area contributed by atoms with Gasteiger partial charge in [0.25, 0.3) is 5.91 Å². The number of hydrogen-bond acceptors (Lipinski definition) is 3. The Bertz CT molecular complexity index is 679. The summed E-state index contributed by atoms with van der Waals surface area (Å²) in [7, 11) is 0. The quantitative estimate of drug-likeness (QED) is 0.905. The molecule has 1 fully saturated rings. The van der Waals surface area contributed by atoms with Crippen LogP contribution < -0.4 is 10.6 Å². The summed E-state index contributed by atoms with van der Waals surface area (Å²) in [6, 6.07) is 9.45. The molecule has 5 nitrogen and oxygen atoms in total. The number of rotatable bonds is 4. The highest BCUT2D eigenvalue weighted by Gasteiger charge is 2.19. The van der Waals surface area contributed by atoms with E-state index in [1.165, 1.54) is 0 Å². The third-order valence-corrected chi connectivity index (χ3v) is 4.55. The first kappa shape index (κ1) is 16.0. The van der Waals surface area contributed by atoms with Gasteiger partial charge in [0.15, 0.2) is 0 Å². The molecule has 1 amide bonds. The molecule has 0 radical (unpaired) electrons. The van der Waals surface area contributed by atoms with Gasteiger partial charge in [0.2, 0.25) is 0 Å². The van der Waals surface area contributed by atoms with E-state index in [-0.39, 0.29) is 11.9 Å². The van der Waals surface area contributed by atoms with E-state index in [2.05, 4.69) is 15.7 Å². The molecule has 3 rings (SSSR count). The SMILES string of the molecule is CC(NC(=O)c1ccn(C2CCCNC2)n1)c1ccccc1Cl. The molecule has 2 N–H and O–H groups in total. The normalized spacial score (nSPS) is 19.3. The molecule has 2 unspecified atom stereocenters. The van der Waals surface area contributed by atoms with Crippen LogP contribution >= 0.6 is 11.6 Å². The molecule has 2 aromatic rings. The molecule has 6 heteroatoms. The summed E-state index contributed by atoms with van der Waals surface area (Å²) in [5.41, 5.74) is 1.34. The van der Waals surface area contributed by atoms with Crippen molar-refractivity contribution in [2.24, 2.45) is 0 Å². The smallest absolute Gasteiger partial charge is 0.272 e. The summed E-state index contributed by atoms with van der Waals surface area (Å²) in [5, 5.41) is 11.4. The lowest BCUT2D eigenvalue weighted by atomic mass is 10.1. The molecule has 0 bridgehead atoms. The number of amides is 1. The van der Waals surface area contributed by atoms with E-state index in [4.69, 9.17) is 11.6 Å². The first-order chi connectivity index (χ1) is 11.1. The minimum atomic E-state index is -0.181. The Hall–Kier alpha value is -1.85. The number of hydrogen-bond donors (Lipinski definition) is 2. The highest BCUT2D eigenvalue weighted by atomic mass is 35.5. The Morgan fingerprint density at radius 1 is 1.43 bits per heavy atom. The van der Waals surface area contributed by atoms with Crippen LogP contribution in [-0.4, -0.2) is 28.8 Å². The number of halogens is 1. The molecule has 1 aromatic carbocycles. The average molecular weight is 333 g/mol. The summed E-state index contributed by atoms with van der Waals surface area (Å²) < 4.78 is 1.89. The standard InChI is InChI=1S/C17H21ClN4O/c1-12(14-6-2-3-7-15(14)18)20-17(23)16-8-10-22(21-16)13-5-4-9-19-11-13/h2-3,6-8,10,12-13,19H,4-5,9,11H2,1H3,(H,20,23). The predicted octanol–water partition coefficient (Wildman–Crippen LogP) is 2.95. The van der Waals surface area contributed by atoms with E-state index in [1.807, 2.05) is 42.1 Å². The number of aromatic nitrogens is 2. The van der Waals surface area contributed by atoms with Crippen molar-refractivity contribution in [3.63, 3.8) is 0 Å². The van der Waals surface area contributed by atoms with Crippen molar-refractivity contribution in [3.05, 3.63) is 52.8 Å². The molecule has 2 heterocycles. The highest BCUT2D eigenvalue weighted by molar-refractivity contribution is 6.31. The van der Waals surface area contributed by atoms with Gasteiger partial charge >= 0.3 is 0 Å². The summed E-state index contributed by atoms with van der Waals surface area (Å²) in [6.07, 6.45) is 4.11. The Labute approximate surface area is 141 Å². The second-order valence-corrected chi connectivity index (χ2v) is 6.31. The topological polar surface area (TPSA) is 59.0 Å². The molecule has 1 aromatic heterocycles. The zero-order valence-corrected chi connectivity index (χ0v) is 13.9. The van der Waals surface area contributed by atoms with E-state index >= 15 is 0 Å². The number of carbonyl (C=O) groups is 1. The predicted molar refractivity (Wildman–Crippen MR) is 90.7 cm³/mol. The molecule has 0 spiro atoms. The van der Waals surface area contributed by atoms with Crippen molar-refractivity contribution in [2.45, 2.75) is 31.8 Å². The first-order valence-electron chi connectivity index (χ1n) is 7.96. The van der Waals surface area contributed by atoms with Crippen molar-refractivity contribution in [1.82, 2.24) is 20.4 Å². The fourth-order valence-electron chi connectivity index (χ4n) is 2.90. The van der Waals surface area contributed by atoms with Gasteiger partial charge in [0, 0.05) is 17.8 Å². The van der Waals surface area contributed by atoms with E-state index in [0.29, 0.717) is 16.8 Å². The number of nitrogens with one attached hydrogen (secondary N) is 2. The van der Waals surface area contributed by atoms with Crippen LogP contribution in [-0.2, 0) is 0 Å². The van der Waals surface area contributed by atoms with E-state index < -0.39 is 0 Å². The number of benzene rings is 1. The molecule has 23 heavy (non-hydrogen) atoms. The van der Waals surface area contributed by atoms with Gasteiger partial charge in [0.05, 0.1) is 12.1 Å². The fraction of sp³-hybridized carbons (Fsp3) is 0.412. The Morgan fingerprint density at radius 3 is 3.00 bits per heavy atom. The number of nitrogens with zero attached hydrogens (tertiary/aromatic N) is 2. The number of carbonyl (C=O) groups excluding carboxylic acids is 1. The highest BCUT2D eigenvalue weighted by Crippen LogP contribution is 2.22. The maximum absolute atomic E-state index is 12.4. The van der Waals surface area contributed by atoms with E-state index in [0.717, 1.165) is 31.5 Å². The van der Waals surface area contributed by atoms with Crippen molar-refractivity contribution in [2.75, 3.05) is 13.1 Å². The lowest BCUT2D eigenvalue weighted by molar-refractivity contribution is 0.0933. The summed E-state index contributed by atoms with van der Waals surface area (Å²) in [4.78, 5) is 12.4. The molecule has 1 aliphatic rings. The van der Waals surface area contributed by atoms with Crippen LogP contribution in [0.1, 0.15) is 47.9 Å². The number of piperidine rings is 1. The minimum Gasteiger partial charge on any atom is -0.344 e. The van der Waals surface area contributed by atoms with Gasteiger partial charge in [-0.3, -0.25) is 9.48 Å². The van der Waals surface area contributed by atoms with Crippen molar-refractivity contribution in [3.8, 4) is 0 Å². The van der Waals surface area contributed by atoms with Crippen LogP contribution in [0.3, 0.4) is 0 Å². The van der Waals surface area contributed by atoms with Gasteiger partial charge < -0.3 is 10.6 Å². The van der Waals surface area contributed by atoms with Gasteiger partial charge in [-0.15, -0.1) is 0 Å². The van der Waals surface area contributed by atoms with Crippen molar-refractivity contribution < 1.29 is 4.79 Å². The zero-order valence-electron chi connectivity index (χ0n) is 13.1. The summed E-state index contributed by atoms with van der Waals surface area (Å²) >= 11 is 6.18. The monoisotopic (exact) mass is 332 g/mol.